The maximum atomic E-state index is 12.7. The van der Waals surface area contributed by atoms with Gasteiger partial charge >= 0.3 is 5.97 Å². The van der Waals surface area contributed by atoms with Crippen molar-refractivity contribution in [1.29, 1.82) is 0 Å². The summed E-state index contributed by atoms with van der Waals surface area (Å²) in [4.78, 5) is 12.7. The number of rotatable bonds is 5. The fourth-order valence-electron chi connectivity index (χ4n) is 3.76. The van der Waals surface area contributed by atoms with Crippen LogP contribution in [0.1, 0.15) is 65.4 Å². The zero-order chi connectivity index (χ0) is 17.0. The standard InChI is InChI=1S/C21H32O2/c1-14(2)19-12-11-15(3)13-20(19)23-21(22)17(5)16(4)18-9-7-6-8-10-18/h6-10,14-17,19-20H,11-13H2,1-5H3/t15?,16?,17?,19-,20?/m1/s1. The van der Waals surface area contributed by atoms with Gasteiger partial charge in [0.1, 0.15) is 6.10 Å². The lowest BCUT2D eigenvalue weighted by Gasteiger charge is -2.37. The summed E-state index contributed by atoms with van der Waals surface area (Å²) in [5.41, 5.74) is 1.20. The second-order valence-electron chi connectivity index (χ2n) is 7.79. The average molecular weight is 316 g/mol. The van der Waals surface area contributed by atoms with E-state index < -0.39 is 0 Å². The van der Waals surface area contributed by atoms with E-state index in [0.717, 1.165) is 6.42 Å². The van der Waals surface area contributed by atoms with E-state index in [1.807, 2.05) is 25.1 Å². The summed E-state index contributed by atoms with van der Waals surface area (Å²) in [6, 6.07) is 10.3. The van der Waals surface area contributed by atoms with Gasteiger partial charge in [0.2, 0.25) is 0 Å². The molecule has 0 saturated heterocycles. The monoisotopic (exact) mass is 316 g/mol. The first-order valence-corrected chi connectivity index (χ1v) is 9.15. The molecule has 1 aromatic rings. The highest BCUT2D eigenvalue weighted by Gasteiger charge is 2.35. The molecule has 0 bridgehead atoms. The van der Waals surface area contributed by atoms with Crippen LogP contribution in [0.5, 0.6) is 0 Å². The molecule has 1 aliphatic rings. The third-order valence-electron chi connectivity index (χ3n) is 5.68. The topological polar surface area (TPSA) is 26.3 Å². The normalized spacial score (nSPS) is 27.5. The van der Waals surface area contributed by atoms with Gasteiger partial charge in [-0.1, -0.05) is 71.4 Å². The van der Waals surface area contributed by atoms with Gasteiger partial charge in [0.25, 0.3) is 0 Å². The zero-order valence-electron chi connectivity index (χ0n) is 15.3. The summed E-state index contributed by atoms with van der Waals surface area (Å²) in [7, 11) is 0. The van der Waals surface area contributed by atoms with Crippen molar-refractivity contribution in [3.63, 3.8) is 0 Å². The molecule has 1 saturated carbocycles. The maximum Gasteiger partial charge on any atom is 0.309 e. The minimum Gasteiger partial charge on any atom is -0.462 e. The predicted octanol–water partition coefficient (Wildman–Crippen LogP) is 5.43. The van der Waals surface area contributed by atoms with Crippen molar-refractivity contribution in [2.24, 2.45) is 23.7 Å². The van der Waals surface area contributed by atoms with Crippen molar-refractivity contribution in [2.75, 3.05) is 0 Å². The minimum atomic E-state index is -0.109. The summed E-state index contributed by atoms with van der Waals surface area (Å²) in [5, 5.41) is 0. The van der Waals surface area contributed by atoms with E-state index in [2.05, 4.69) is 39.8 Å². The first-order valence-electron chi connectivity index (χ1n) is 9.15. The second kappa shape index (κ2) is 7.99. The first kappa shape index (κ1) is 18.0. The third-order valence-corrected chi connectivity index (χ3v) is 5.68. The van der Waals surface area contributed by atoms with Gasteiger partial charge in [-0.3, -0.25) is 4.79 Å². The molecular weight excluding hydrogens is 284 g/mol. The molecule has 0 aromatic heterocycles. The smallest absolute Gasteiger partial charge is 0.309 e. The first-order chi connectivity index (χ1) is 10.9. The summed E-state index contributed by atoms with van der Waals surface area (Å²) in [6.45, 7) is 10.9. The largest absolute Gasteiger partial charge is 0.462 e. The van der Waals surface area contributed by atoms with Crippen LogP contribution in [0.3, 0.4) is 0 Å². The van der Waals surface area contributed by atoms with Crippen LogP contribution in [0, 0.1) is 23.7 Å². The maximum absolute atomic E-state index is 12.7. The van der Waals surface area contributed by atoms with E-state index in [-0.39, 0.29) is 23.9 Å². The van der Waals surface area contributed by atoms with Crippen molar-refractivity contribution in [3.05, 3.63) is 35.9 Å². The molecule has 2 heteroatoms. The Balaban J connectivity index is 2.01. The van der Waals surface area contributed by atoms with Crippen LogP contribution in [0.25, 0.3) is 0 Å². The molecule has 5 atom stereocenters. The van der Waals surface area contributed by atoms with Gasteiger partial charge in [-0.2, -0.15) is 0 Å². The van der Waals surface area contributed by atoms with Crippen LogP contribution in [-0.2, 0) is 9.53 Å². The van der Waals surface area contributed by atoms with Gasteiger partial charge in [0, 0.05) is 0 Å². The molecule has 0 amide bonds. The average Bonchev–Trinajstić information content (AvgIpc) is 2.54. The van der Waals surface area contributed by atoms with Crippen molar-refractivity contribution in [2.45, 2.75) is 65.9 Å². The van der Waals surface area contributed by atoms with E-state index in [4.69, 9.17) is 4.74 Å². The number of ether oxygens (including phenoxy) is 1. The molecule has 1 aromatic carbocycles. The SMILES string of the molecule is CC1CC[C@H](C(C)C)C(OC(=O)C(C)C(C)c2ccccc2)C1. The van der Waals surface area contributed by atoms with Crippen molar-refractivity contribution < 1.29 is 9.53 Å². The van der Waals surface area contributed by atoms with Crippen LogP contribution in [0.4, 0.5) is 0 Å². The Labute approximate surface area is 141 Å². The number of hydrogen-bond donors (Lipinski definition) is 0. The Morgan fingerprint density at radius 2 is 1.74 bits per heavy atom. The van der Waals surface area contributed by atoms with Crippen LogP contribution in [-0.4, -0.2) is 12.1 Å². The fourth-order valence-corrected chi connectivity index (χ4v) is 3.76. The van der Waals surface area contributed by atoms with Gasteiger partial charge < -0.3 is 4.74 Å². The molecule has 0 N–H and O–H groups in total. The molecular formula is C21H32O2. The Kier molecular flexibility index (Phi) is 6.26. The molecule has 0 spiro atoms. The number of benzene rings is 1. The molecule has 2 rings (SSSR count). The van der Waals surface area contributed by atoms with Crippen molar-refractivity contribution in [1.82, 2.24) is 0 Å². The van der Waals surface area contributed by atoms with Gasteiger partial charge in [-0.25, -0.2) is 0 Å². The number of hydrogen-bond acceptors (Lipinski definition) is 2. The van der Waals surface area contributed by atoms with E-state index in [1.165, 1.54) is 18.4 Å². The molecule has 0 aliphatic heterocycles. The van der Waals surface area contributed by atoms with E-state index in [1.54, 1.807) is 0 Å². The lowest BCUT2D eigenvalue weighted by molar-refractivity contribution is -0.161. The highest BCUT2D eigenvalue weighted by molar-refractivity contribution is 5.73. The fraction of sp³-hybridized carbons (Fsp3) is 0.667. The highest BCUT2D eigenvalue weighted by Crippen LogP contribution is 2.36. The molecule has 4 unspecified atom stereocenters. The quantitative estimate of drug-likeness (QED) is 0.677. The summed E-state index contributed by atoms with van der Waals surface area (Å²) >= 11 is 0. The van der Waals surface area contributed by atoms with Crippen molar-refractivity contribution >= 4 is 5.97 Å². The van der Waals surface area contributed by atoms with E-state index in [0.29, 0.717) is 17.8 Å². The molecule has 0 radical (unpaired) electrons. The lowest BCUT2D eigenvalue weighted by Crippen LogP contribution is -2.37. The van der Waals surface area contributed by atoms with E-state index >= 15 is 0 Å². The van der Waals surface area contributed by atoms with Crippen molar-refractivity contribution in [3.8, 4) is 0 Å². The number of carbonyl (C=O) groups is 1. The Hall–Kier alpha value is -1.31. The zero-order valence-corrected chi connectivity index (χ0v) is 15.3. The minimum absolute atomic E-state index is 0.0360. The molecule has 128 valence electrons. The summed E-state index contributed by atoms with van der Waals surface area (Å²) in [6.07, 6.45) is 3.55. The summed E-state index contributed by atoms with van der Waals surface area (Å²) < 4.78 is 6.00. The Morgan fingerprint density at radius 3 is 2.35 bits per heavy atom. The number of carbonyl (C=O) groups excluding carboxylic acids is 1. The second-order valence-corrected chi connectivity index (χ2v) is 7.79. The Morgan fingerprint density at radius 1 is 1.09 bits per heavy atom. The van der Waals surface area contributed by atoms with Gasteiger partial charge in [0.15, 0.2) is 0 Å². The predicted molar refractivity (Wildman–Crippen MR) is 95.2 cm³/mol. The van der Waals surface area contributed by atoms with Crippen LogP contribution < -0.4 is 0 Å². The summed E-state index contributed by atoms with van der Waals surface area (Å²) in [5.74, 6) is 1.77. The molecule has 1 aliphatic carbocycles. The van der Waals surface area contributed by atoms with E-state index in [9.17, 15) is 4.79 Å². The van der Waals surface area contributed by atoms with Gasteiger partial charge in [0.05, 0.1) is 5.92 Å². The molecule has 1 fully saturated rings. The highest BCUT2D eigenvalue weighted by atomic mass is 16.5. The lowest BCUT2D eigenvalue weighted by atomic mass is 9.75. The molecule has 0 heterocycles. The third kappa shape index (κ3) is 4.59. The molecule has 23 heavy (non-hydrogen) atoms. The van der Waals surface area contributed by atoms with Crippen LogP contribution in [0.15, 0.2) is 30.3 Å². The van der Waals surface area contributed by atoms with Crippen LogP contribution in [0.2, 0.25) is 0 Å². The molecule has 2 nitrogen and oxygen atoms in total. The van der Waals surface area contributed by atoms with Gasteiger partial charge in [-0.15, -0.1) is 0 Å². The van der Waals surface area contributed by atoms with Gasteiger partial charge in [-0.05, 0) is 42.1 Å². The van der Waals surface area contributed by atoms with Crippen LogP contribution >= 0.6 is 0 Å². The Bertz CT molecular complexity index is 494. The number of esters is 1.